The molecule has 1 amide bonds. The highest BCUT2D eigenvalue weighted by atomic mass is 32.1. The third kappa shape index (κ3) is 8.27. The van der Waals surface area contributed by atoms with Crippen LogP contribution in [0.5, 0.6) is 5.75 Å². The zero-order chi connectivity index (χ0) is 22.0. The van der Waals surface area contributed by atoms with Crippen LogP contribution in [-0.4, -0.2) is 43.1 Å². The van der Waals surface area contributed by atoms with Gasteiger partial charge in [-0.15, -0.1) is 11.3 Å². The van der Waals surface area contributed by atoms with E-state index in [4.69, 9.17) is 10.5 Å². The molecule has 164 valence electrons. The molecular weight excluding hydrogens is 419 g/mol. The summed E-state index contributed by atoms with van der Waals surface area (Å²) in [6.07, 6.45) is -3.35. The van der Waals surface area contributed by atoms with Crippen LogP contribution in [0.3, 0.4) is 0 Å². The highest BCUT2D eigenvalue weighted by molar-refractivity contribution is 7.09. The van der Waals surface area contributed by atoms with Crippen molar-refractivity contribution in [2.75, 3.05) is 26.2 Å². The molecule has 0 radical (unpaired) electrons. The van der Waals surface area contributed by atoms with Gasteiger partial charge in [0, 0.05) is 31.4 Å². The van der Waals surface area contributed by atoms with Crippen molar-refractivity contribution in [2.24, 2.45) is 10.7 Å². The van der Waals surface area contributed by atoms with Gasteiger partial charge in [0.25, 0.3) is 5.91 Å². The van der Waals surface area contributed by atoms with Gasteiger partial charge < -0.3 is 21.1 Å². The fraction of sp³-hybridized carbons (Fsp3) is 0.421. The number of alkyl halides is 3. The van der Waals surface area contributed by atoms with Crippen molar-refractivity contribution < 1.29 is 22.7 Å². The normalized spacial score (nSPS) is 11.9. The van der Waals surface area contributed by atoms with Gasteiger partial charge in [-0.2, -0.15) is 13.2 Å². The summed E-state index contributed by atoms with van der Waals surface area (Å²) in [5.74, 6) is 0.622. The van der Waals surface area contributed by atoms with Crippen LogP contribution in [0.25, 0.3) is 0 Å². The molecule has 0 aliphatic heterocycles. The lowest BCUT2D eigenvalue weighted by Crippen LogP contribution is -2.38. The molecule has 7 nitrogen and oxygen atoms in total. The highest BCUT2D eigenvalue weighted by Crippen LogP contribution is 2.30. The maximum atomic E-state index is 12.6. The molecular formula is C19H24F3N5O2S. The van der Waals surface area contributed by atoms with Gasteiger partial charge in [-0.3, -0.25) is 9.79 Å². The number of ether oxygens (including phenoxy) is 1. The Morgan fingerprint density at radius 3 is 2.57 bits per heavy atom. The Kier molecular flexibility index (Phi) is 8.90. The lowest BCUT2D eigenvalue weighted by atomic mass is 10.1. The number of benzene rings is 1. The summed E-state index contributed by atoms with van der Waals surface area (Å²) < 4.78 is 43.0. The van der Waals surface area contributed by atoms with Gasteiger partial charge in [0.2, 0.25) is 0 Å². The van der Waals surface area contributed by atoms with E-state index in [2.05, 4.69) is 20.6 Å². The van der Waals surface area contributed by atoms with E-state index >= 15 is 0 Å². The number of thiazole rings is 1. The molecule has 0 bridgehead atoms. The van der Waals surface area contributed by atoms with E-state index in [0.717, 1.165) is 28.7 Å². The molecule has 1 heterocycles. The van der Waals surface area contributed by atoms with E-state index in [1.54, 1.807) is 12.1 Å². The number of halogens is 3. The topological polar surface area (TPSA) is 102 Å². The van der Waals surface area contributed by atoms with Crippen molar-refractivity contribution in [1.82, 2.24) is 15.6 Å². The number of aliphatic imine (C=N–C) groups is 1. The van der Waals surface area contributed by atoms with Gasteiger partial charge in [0.05, 0.1) is 5.01 Å². The van der Waals surface area contributed by atoms with E-state index in [0.29, 0.717) is 42.8 Å². The maximum absolute atomic E-state index is 12.6. The van der Waals surface area contributed by atoms with Crippen molar-refractivity contribution >= 4 is 23.2 Å². The fourth-order valence-corrected chi connectivity index (χ4v) is 3.19. The molecule has 0 saturated carbocycles. The predicted octanol–water partition coefficient (Wildman–Crippen LogP) is 2.37. The molecule has 0 atom stereocenters. The van der Waals surface area contributed by atoms with Gasteiger partial charge in [-0.1, -0.05) is 12.1 Å². The number of hydrogen-bond donors (Lipinski definition) is 3. The third-order valence-electron chi connectivity index (χ3n) is 3.79. The van der Waals surface area contributed by atoms with Crippen LogP contribution in [0.4, 0.5) is 13.2 Å². The Morgan fingerprint density at radius 1 is 1.23 bits per heavy atom. The summed E-state index contributed by atoms with van der Waals surface area (Å²) in [7, 11) is 0. The summed E-state index contributed by atoms with van der Waals surface area (Å²) in [5, 5.41) is 7.71. The van der Waals surface area contributed by atoms with Gasteiger partial charge >= 0.3 is 6.18 Å². The van der Waals surface area contributed by atoms with Crippen LogP contribution in [0, 0.1) is 0 Å². The molecule has 2 aromatic rings. The fourth-order valence-electron chi connectivity index (χ4n) is 2.39. The van der Waals surface area contributed by atoms with E-state index in [-0.39, 0.29) is 6.61 Å². The van der Waals surface area contributed by atoms with Crippen molar-refractivity contribution in [3.8, 4) is 5.75 Å². The molecule has 2 rings (SSSR count). The largest absolute Gasteiger partial charge is 0.484 e. The summed E-state index contributed by atoms with van der Waals surface area (Å²) in [6, 6.07) is 7.31. The standard InChI is InChI=1S/C19H24F3N5O2S/c1-2-24-18(26-10-8-17-27-15(12-30-17)19(20,21)22)25-9-7-13-3-5-14(6-4-13)29-11-16(23)28/h3-6,12H,2,7-11H2,1H3,(H2,23,28)(H2,24,25,26). The number of nitrogens with one attached hydrogen (secondary N) is 2. The zero-order valence-electron chi connectivity index (χ0n) is 16.5. The second-order valence-corrected chi connectivity index (χ2v) is 7.15. The Balaban J connectivity index is 1.79. The van der Waals surface area contributed by atoms with Gasteiger partial charge in [-0.25, -0.2) is 4.98 Å². The number of guanidine groups is 1. The van der Waals surface area contributed by atoms with Gasteiger partial charge in [-0.05, 0) is 31.0 Å². The first kappa shape index (κ1) is 23.5. The van der Waals surface area contributed by atoms with E-state index < -0.39 is 17.8 Å². The van der Waals surface area contributed by atoms with Crippen molar-refractivity contribution in [1.29, 1.82) is 0 Å². The summed E-state index contributed by atoms with van der Waals surface area (Å²) in [4.78, 5) is 18.7. The van der Waals surface area contributed by atoms with Crippen LogP contribution in [0.1, 0.15) is 23.2 Å². The predicted molar refractivity (Wildman–Crippen MR) is 110 cm³/mol. The molecule has 30 heavy (non-hydrogen) atoms. The molecule has 0 aliphatic rings. The molecule has 0 saturated heterocycles. The maximum Gasteiger partial charge on any atom is 0.434 e. The van der Waals surface area contributed by atoms with Crippen LogP contribution in [-0.2, 0) is 23.8 Å². The van der Waals surface area contributed by atoms with E-state index in [9.17, 15) is 18.0 Å². The molecule has 1 aromatic heterocycles. The Bertz CT molecular complexity index is 837. The minimum absolute atomic E-state index is 0.165. The van der Waals surface area contributed by atoms with Crippen LogP contribution >= 0.6 is 11.3 Å². The Hall–Kier alpha value is -2.82. The third-order valence-corrected chi connectivity index (χ3v) is 4.70. The van der Waals surface area contributed by atoms with E-state index in [1.165, 1.54) is 0 Å². The summed E-state index contributed by atoms with van der Waals surface area (Å²) >= 11 is 0.986. The van der Waals surface area contributed by atoms with Crippen LogP contribution < -0.4 is 21.1 Å². The number of aromatic nitrogens is 1. The van der Waals surface area contributed by atoms with Crippen molar-refractivity contribution in [3.05, 3.63) is 45.9 Å². The molecule has 0 spiro atoms. The SMILES string of the molecule is CCNC(=NCCc1nc(C(F)(F)F)cs1)NCCc1ccc(OCC(N)=O)cc1. The highest BCUT2D eigenvalue weighted by Gasteiger charge is 2.33. The summed E-state index contributed by atoms with van der Waals surface area (Å²) in [6.45, 7) is 3.36. The number of amides is 1. The van der Waals surface area contributed by atoms with E-state index in [1.807, 2.05) is 19.1 Å². The minimum atomic E-state index is -4.42. The number of primary amides is 1. The average molecular weight is 443 g/mol. The molecule has 0 aliphatic carbocycles. The number of rotatable bonds is 10. The monoisotopic (exact) mass is 443 g/mol. The molecule has 1 aromatic carbocycles. The lowest BCUT2D eigenvalue weighted by Gasteiger charge is -2.11. The summed E-state index contributed by atoms with van der Waals surface area (Å²) in [5.41, 5.74) is 5.24. The zero-order valence-corrected chi connectivity index (χ0v) is 17.3. The molecule has 0 unspecified atom stereocenters. The van der Waals surface area contributed by atoms with Crippen molar-refractivity contribution in [3.63, 3.8) is 0 Å². The molecule has 4 N–H and O–H groups in total. The number of hydrogen-bond acceptors (Lipinski definition) is 5. The quantitative estimate of drug-likeness (QED) is 0.387. The van der Waals surface area contributed by atoms with Gasteiger partial charge in [0.1, 0.15) is 5.75 Å². The second-order valence-electron chi connectivity index (χ2n) is 6.21. The van der Waals surface area contributed by atoms with Crippen LogP contribution in [0.2, 0.25) is 0 Å². The first-order chi connectivity index (χ1) is 14.3. The molecule has 11 heteroatoms. The number of carbonyl (C=O) groups is 1. The first-order valence-corrected chi connectivity index (χ1v) is 10.2. The van der Waals surface area contributed by atoms with Gasteiger partial charge in [0.15, 0.2) is 18.3 Å². The smallest absolute Gasteiger partial charge is 0.434 e. The van der Waals surface area contributed by atoms with Crippen molar-refractivity contribution in [2.45, 2.75) is 25.9 Å². The second kappa shape index (κ2) is 11.4. The molecule has 0 fully saturated rings. The average Bonchev–Trinajstić information content (AvgIpc) is 3.17. The number of carbonyl (C=O) groups excluding carboxylic acids is 1. The Labute approximate surface area is 176 Å². The Morgan fingerprint density at radius 2 is 1.97 bits per heavy atom. The number of nitrogens with two attached hydrogens (primary N) is 1. The minimum Gasteiger partial charge on any atom is -0.484 e. The number of nitrogens with zero attached hydrogens (tertiary/aromatic N) is 2. The van der Waals surface area contributed by atoms with Crippen LogP contribution in [0.15, 0.2) is 34.6 Å². The lowest BCUT2D eigenvalue weighted by molar-refractivity contribution is -0.140. The first-order valence-electron chi connectivity index (χ1n) is 9.31.